The number of hydrogen-bond donors (Lipinski definition) is 1. The number of carbonyl (C=O) groups excluding carboxylic acids is 1. The molecular formula is C38H36Cl2FN7O. The molecular weight excluding hydrogens is 660 g/mol. The Morgan fingerprint density at radius 3 is 2.69 bits per heavy atom. The van der Waals surface area contributed by atoms with Crippen molar-refractivity contribution in [2.75, 3.05) is 13.1 Å². The summed E-state index contributed by atoms with van der Waals surface area (Å²) < 4.78 is 21.7. The number of benzene rings is 2. The number of nitrogens with one attached hydrogen (secondary N) is 1. The van der Waals surface area contributed by atoms with Crippen molar-refractivity contribution in [3.8, 4) is 17.2 Å². The smallest absolute Gasteiger partial charge is 0.226 e. The molecule has 1 amide bonds. The summed E-state index contributed by atoms with van der Waals surface area (Å²) in [6, 6.07) is 12.1. The molecule has 5 unspecified atom stereocenters. The van der Waals surface area contributed by atoms with E-state index in [9.17, 15) is 10.1 Å². The van der Waals surface area contributed by atoms with Crippen LogP contribution in [-0.4, -0.2) is 49.0 Å². The van der Waals surface area contributed by atoms with Crippen LogP contribution in [0.2, 0.25) is 10.0 Å². The zero-order chi connectivity index (χ0) is 33.7. The summed E-state index contributed by atoms with van der Waals surface area (Å²) in [6.45, 7) is 5.49. The van der Waals surface area contributed by atoms with Gasteiger partial charge >= 0.3 is 0 Å². The van der Waals surface area contributed by atoms with Crippen LogP contribution in [0, 0.1) is 42.8 Å². The Hall–Kier alpha value is -3.97. The van der Waals surface area contributed by atoms with Crippen molar-refractivity contribution in [3.05, 3.63) is 81.4 Å². The summed E-state index contributed by atoms with van der Waals surface area (Å²) in [4.78, 5) is 25.5. The molecule has 5 aromatic rings. The summed E-state index contributed by atoms with van der Waals surface area (Å²) in [5.74, 6) is 0.285. The van der Waals surface area contributed by atoms with E-state index in [1.165, 1.54) is 0 Å². The second kappa shape index (κ2) is 11.5. The molecule has 6 heterocycles. The lowest BCUT2D eigenvalue weighted by atomic mass is 9.79. The first-order valence-electron chi connectivity index (χ1n) is 17.2. The Labute approximate surface area is 293 Å². The first-order chi connectivity index (χ1) is 23.7. The number of fused-ring (bicyclic) bond motifs is 4. The number of rotatable bonds is 7. The average molecular weight is 697 g/mol. The van der Waals surface area contributed by atoms with Gasteiger partial charge in [-0.05, 0) is 75.6 Å². The maximum Gasteiger partial charge on any atom is 0.226 e. The van der Waals surface area contributed by atoms with Crippen LogP contribution in [0.1, 0.15) is 72.9 Å². The number of hydrogen-bond acceptors (Lipinski definition) is 5. The number of aromatic nitrogens is 4. The fourth-order valence-electron chi connectivity index (χ4n) is 8.86. The molecule has 49 heavy (non-hydrogen) atoms. The minimum atomic E-state index is -0.467. The number of carbonyl (C=O) groups is 1. The molecule has 5 fully saturated rings. The standard InChI is InChI=1S/C38H36Cl2FN7O/c1-19-16-46(18-44-19)24-13-30(47(17-24)38(49)21-8-9-21)31-14-26-20(2)45-35-27(37(26)48(31)36-23-12-29(36)43-15-23)11-22(5-4-10-42)32(34(35)41)25-6-3-7-28(39)33(25)40/h3,6-7,11,14,16,18,21,23-24,29-30,36,43H,4-5,8-9,12-13,15,17H2,1-2H3. The highest BCUT2D eigenvalue weighted by Gasteiger charge is 2.51. The van der Waals surface area contributed by atoms with Crippen molar-refractivity contribution in [3.63, 3.8) is 0 Å². The molecule has 5 aliphatic rings. The summed E-state index contributed by atoms with van der Waals surface area (Å²) in [5.41, 5.74) is 5.50. The number of nitrogens with zero attached hydrogens (tertiary/aromatic N) is 6. The SMILES string of the molecule is Cc1cn(C2CC(c3cc4c(C)nc5c(F)c(-c6cccc(Cl)c6Cl)c(CCC#N)cc5c4n3C3C4CNC3C4)N(C(=O)C3CC3)C2)cn1. The Balaban J connectivity index is 1.30. The fourth-order valence-corrected chi connectivity index (χ4v) is 9.25. The highest BCUT2D eigenvalue weighted by molar-refractivity contribution is 6.43. The molecule has 2 bridgehead atoms. The van der Waals surface area contributed by atoms with E-state index in [0.717, 1.165) is 60.2 Å². The van der Waals surface area contributed by atoms with Gasteiger partial charge in [-0.25, -0.2) is 14.4 Å². The van der Waals surface area contributed by atoms with Gasteiger partial charge in [0, 0.05) is 71.0 Å². The number of pyridine rings is 1. The van der Waals surface area contributed by atoms with E-state index in [1.54, 1.807) is 18.2 Å². The van der Waals surface area contributed by atoms with Gasteiger partial charge in [0.1, 0.15) is 5.52 Å². The van der Waals surface area contributed by atoms with Crippen molar-refractivity contribution in [1.29, 1.82) is 5.26 Å². The molecule has 3 saturated heterocycles. The second-order valence-electron chi connectivity index (χ2n) is 14.4. The van der Waals surface area contributed by atoms with E-state index in [1.807, 2.05) is 26.2 Å². The lowest BCUT2D eigenvalue weighted by molar-refractivity contribution is -0.133. The van der Waals surface area contributed by atoms with Gasteiger partial charge in [-0.15, -0.1) is 0 Å². The van der Waals surface area contributed by atoms with Gasteiger partial charge in [0.05, 0.1) is 51.8 Å². The van der Waals surface area contributed by atoms with E-state index in [2.05, 4.69) is 42.7 Å². The number of likely N-dealkylation sites (tertiary alicyclic amines) is 1. The van der Waals surface area contributed by atoms with Gasteiger partial charge in [-0.3, -0.25) is 4.79 Å². The number of aryl methyl sites for hydroxylation is 3. The Kier molecular flexibility index (Phi) is 7.31. The first-order valence-corrected chi connectivity index (χ1v) is 18.0. The van der Waals surface area contributed by atoms with Gasteiger partial charge in [0.15, 0.2) is 5.82 Å². The van der Waals surface area contributed by atoms with Gasteiger partial charge in [0.2, 0.25) is 5.91 Å². The average Bonchev–Trinajstić information content (AvgIpc) is 3.54. The topological polar surface area (TPSA) is 91.8 Å². The zero-order valence-electron chi connectivity index (χ0n) is 27.4. The van der Waals surface area contributed by atoms with Crippen LogP contribution >= 0.6 is 23.2 Å². The highest BCUT2D eigenvalue weighted by atomic mass is 35.5. The number of nitriles is 1. The van der Waals surface area contributed by atoms with Crippen LogP contribution in [0.15, 0.2) is 42.9 Å². The zero-order valence-corrected chi connectivity index (χ0v) is 28.9. The van der Waals surface area contributed by atoms with Crippen LogP contribution in [0.5, 0.6) is 0 Å². The van der Waals surface area contributed by atoms with Crippen molar-refractivity contribution in [1.82, 2.24) is 29.3 Å². The normalized spacial score (nSPS) is 24.6. The van der Waals surface area contributed by atoms with Crippen molar-refractivity contribution >= 4 is 50.9 Å². The molecule has 3 aromatic heterocycles. The highest BCUT2D eigenvalue weighted by Crippen LogP contribution is 2.52. The third-order valence-electron chi connectivity index (χ3n) is 11.4. The monoisotopic (exact) mass is 695 g/mol. The molecule has 2 saturated carbocycles. The minimum absolute atomic E-state index is 0.0860. The summed E-state index contributed by atoms with van der Waals surface area (Å²) in [5, 5.41) is 15.6. The fraction of sp³-hybridized carbons (Fsp3) is 0.421. The lowest BCUT2D eigenvalue weighted by Crippen LogP contribution is -2.41. The molecule has 5 atom stereocenters. The lowest BCUT2D eigenvalue weighted by Gasteiger charge is -2.39. The minimum Gasteiger partial charge on any atom is -0.337 e. The van der Waals surface area contributed by atoms with Gasteiger partial charge in [0.25, 0.3) is 0 Å². The Morgan fingerprint density at radius 2 is 2.00 bits per heavy atom. The van der Waals surface area contributed by atoms with E-state index >= 15 is 4.39 Å². The van der Waals surface area contributed by atoms with Gasteiger partial charge in [-0.2, -0.15) is 5.26 Å². The van der Waals surface area contributed by atoms with Crippen LogP contribution in [0.25, 0.3) is 32.9 Å². The molecule has 250 valence electrons. The molecule has 1 N–H and O–H groups in total. The summed E-state index contributed by atoms with van der Waals surface area (Å²) in [6.07, 6.45) is 8.25. The molecule has 10 rings (SSSR count). The van der Waals surface area contributed by atoms with Gasteiger partial charge in [-0.1, -0.05) is 35.3 Å². The van der Waals surface area contributed by atoms with E-state index in [4.69, 9.17) is 28.2 Å². The van der Waals surface area contributed by atoms with Crippen LogP contribution < -0.4 is 5.32 Å². The number of imidazole rings is 1. The molecule has 3 aliphatic heterocycles. The van der Waals surface area contributed by atoms with Crippen molar-refractivity contribution < 1.29 is 9.18 Å². The quantitative estimate of drug-likeness (QED) is 0.186. The maximum absolute atomic E-state index is 17.1. The predicted molar refractivity (Wildman–Crippen MR) is 188 cm³/mol. The Bertz CT molecular complexity index is 2220. The largest absolute Gasteiger partial charge is 0.337 e. The Morgan fingerprint density at radius 1 is 1.16 bits per heavy atom. The molecule has 2 aliphatic carbocycles. The predicted octanol–water partition coefficient (Wildman–Crippen LogP) is 8.03. The van der Waals surface area contributed by atoms with E-state index in [-0.39, 0.29) is 46.9 Å². The summed E-state index contributed by atoms with van der Waals surface area (Å²) in [7, 11) is 0. The number of amides is 1. The first kappa shape index (κ1) is 31.0. The van der Waals surface area contributed by atoms with Crippen molar-refractivity contribution in [2.45, 2.75) is 76.5 Å². The number of halogens is 3. The van der Waals surface area contributed by atoms with E-state index in [0.29, 0.717) is 52.0 Å². The molecule has 0 radical (unpaired) electrons. The molecule has 0 spiro atoms. The molecule has 2 aromatic carbocycles. The van der Waals surface area contributed by atoms with Crippen LogP contribution in [-0.2, 0) is 11.2 Å². The maximum atomic E-state index is 17.1. The third-order valence-corrected chi connectivity index (χ3v) is 12.2. The molecule has 11 heteroatoms. The molecule has 8 nitrogen and oxygen atoms in total. The van der Waals surface area contributed by atoms with E-state index < -0.39 is 5.82 Å². The third kappa shape index (κ3) is 4.82. The van der Waals surface area contributed by atoms with Crippen LogP contribution in [0.4, 0.5) is 4.39 Å². The second-order valence-corrected chi connectivity index (χ2v) is 15.2. The summed E-state index contributed by atoms with van der Waals surface area (Å²) >= 11 is 13.1. The van der Waals surface area contributed by atoms with Crippen LogP contribution in [0.3, 0.4) is 0 Å². The van der Waals surface area contributed by atoms with Gasteiger partial charge < -0.3 is 19.4 Å². The van der Waals surface area contributed by atoms with Crippen molar-refractivity contribution in [2.24, 2.45) is 11.8 Å².